The molecular weight excluding hydrogens is 304 g/mol. The first-order chi connectivity index (χ1) is 11.2. The number of aliphatic hydroxyl groups excluding tert-OH is 1. The number of carbonyl (C=O) groups excluding carboxylic acids is 1. The van der Waals surface area contributed by atoms with Crippen LogP contribution in [0.5, 0.6) is 0 Å². The van der Waals surface area contributed by atoms with Crippen molar-refractivity contribution in [2.24, 2.45) is 0 Å². The second kappa shape index (κ2) is 7.66. The maximum Gasteiger partial charge on any atom is 0.334 e. The summed E-state index contributed by atoms with van der Waals surface area (Å²) in [7, 11) is 0. The summed E-state index contributed by atoms with van der Waals surface area (Å²) in [6.45, 7) is 7.59. The predicted molar refractivity (Wildman–Crippen MR) is 94.4 cm³/mol. The van der Waals surface area contributed by atoms with Crippen LogP contribution in [-0.4, -0.2) is 34.0 Å². The maximum absolute atomic E-state index is 11.9. The Hall–Kier alpha value is -1.39. The Morgan fingerprint density at radius 2 is 1.88 bits per heavy atom. The molecule has 0 amide bonds. The fraction of sp³-hybridized carbons (Fsp3) is 0.650. The fourth-order valence-electron chi connectivity index (χ4n) is 3.31. The van der Waals surface area contributed by atoms with Gasteiger partial charge >= 0.3 is 5.97 Å². The molecule has 2 rings (SSSR count). The van der Waals surface area contributed by atoms with Crippen LogP contribution in [0.2, 0.25) is 0 Å². The third kappa shape index (κ3) is 4.58. The standard InChI is InChI=1S/C20H30O4/c1-13-6-5-11-20(4,23)18(21)10-8-14(2)12-17-16(9-7-13)15(3)19(22)24-17/h6,12,17-18,21,23H,5,7-11H2,1-4H3/b13-6+,14-12+/t17-,18+,20+/m1/s1. The minimum Gasteiger partial charge on any atom is -0.450 e. The molecule has 0 saturated heterocycles. The number of esters is 1. The molecule has 0 fully saturated rings. The Labute approximate surface area is 144 Å². The minimum absolute atomic E-state index is 0.229. The molecule has 134 valence electrons. The molecule has 3 atom stereocenters. The lowest BCUT2D eigenvalue weighted by atomic mass is 9.88. The van der Waals surface area contributed by atoms with E-state index in [0.29, 0.717) is 19.3 Å². The molecule has 1 aliphatic carbocycles. The Morgan fingerprint density at radius 3 is 2.58 bits per heavy atom. The van der Waals surface area contributed by atoms with Crippen LogP contribution in [0.4, 0.5) is 0 Å². The summed E-state index contributed by atoms with van der Waals surface area (Å²) in [6, 6.07) is 0. The maximum atomic E-state index is 11.9. The van der Waals surface area contributed by atoms with E-state index in [0.717, 1.165) is 36.0 Å². The van der Waals surface area contributed by atoms with Gasteiger partial charge in [0, 0.05) is 5.57 Å². The van der Waals surface area contributed by atoms with Gasteiger partial charge in [0.15, 0.2) is 0 Å². The monoisotopic (exact) mass is 334 g/mol. The fourth-order valence-corrected chi connectivity index (χ4v) is 3.31. The molecule has 1 aliphatic heterocycles. The van der Waals surface area contributed by atoms with E-state index in [1.54, 1.807) is 6.92 Å². The van der Waals surface area contributed by atoms with Gasteiger partial charge in [0.2, 0.25) is 0 Å². The zero-order valence-electron chi connectivity index (χ0n) is 15.3. The zero-order valence-corrected chi connectivity index (χ0v) is 15.3. The molecule has 0 aromatic carbocycles. The van der Waals surface area contributed by atoms with Crippen LogP contribution in [-0.2, 0) is 9.53 Å². The molecule has 1 heterocycles. The average molecular weight is 334 g/mol. The van der Waals surface area contributed by atoms with Crippen molar-refractivity contribution >= 4 is 5.97 Å². The summed E-state index contributed by atoms with van der Waals surface area (Å²) in [4.78, 5) is 11.9. The van der Waals surface area contributed by atoms with Crippen molar-refractivity contribution in [1.29, 1.82) is 0 Å². The van der Waals surface area contributed by atoms with Gasteiger partial charge in [-0.05, 0) is 77.9 Å². The predicted octanol–water partition coefficient (Wildman–Crippen LogP) is 3.59. The summed E-state index contributed by atoms with van der Waals surface area (Å²) in [5.41, 5.74) is 3.02. The first-order valence-electron chi connectivity index (χ1n) is 8.84. The van der Waals surface area contributed by atoms with Crippen LogP contribution >= 0.6 is 0 Å². The molecule has 0 spiro atoms. The van der Waals surface area contributed by atoms with Crippen LogP contribution in [0.3, 0.4) is 0 Å². The number of aliphatic hydroxyl groups is 2. The van der Waals surface area contributed by atoms with Gasteiger partial charge in [-0.2, -0.15) is 0 Å². The number of rotatable bonds is 0. The smallest absolute Gasteiger partial charge is 0.334 e. The van der Waals surface area contributed by atoms with Gasteiger partial charge in [-0.15, -0.1) is 0 Å². The quantitative estimate of drug-likeness (QED) is 0.525. The van der Waals surface area contributed by atoms with Crippen molar-refractivity contribution in [3.8, 4) is 0 Å². The summed E-state index contributed by atoms with van der Waals surface area (Å²) >= 11 is 0. The van der Waals surface area contributed by atoms with Gasteiger partial charge in [-0.25, -0.2) is 4.79 Å². The van der Waals surface area contributed by atoms with Crippen LogP contribution in [0.1, 0.15) is 66.2 Å². The van der Waals surface area contributed by atoms with Crippen LogP contribution in [0.15, 0.2) is 34.4 Å². The van der Waals surface area contributed by atoms with E-state index in [9.17, 15) is 15.0 Å². The molecule has 0 saturated carbocycles. The highest BCUT2D eigenvalue weighted by atomic mass is 16.5. The number of fused-ring (bicyclic) bond motifs is 1. The van der Waals surface area contributed by atoms with E-state index in [1.165, 1.54) is 5.57 Å². The average Bonchev–Trinajstić information content (AvgIpc) is 2.76. The lowest BCUT2D eigenvalue weighted by Crippen LogP contribution is -2.39. The second-order valence-electron chi connectivity index (χ2n) is 7.49. The third-order valence-electron chi connectivity index (χ3n) is 5.26. The van der Waals surface area contributed by atoms with E-state index in [-0.39, 0.29) is 12.1 Å². The molecule has 0 aromatic rings. The van der Waals surface area contributed by atoms with Crippen molar-refractivity contribution in [2.45, 2.75) is 84.0 Å². The summed E-state index contributed by atoms with van der Waals surface area (Å²) in [5.74, 6) is -0.229. The van der Waals surface area contributed by atoms with E-state index >= 15 is 0 Å². The van der Waals surface area contributed by atoms with Crippen molar-refractivity contribution in [2.75, 3.05) is 0 Å². The first kappa shape index (κ1) is 18.9. The Bertz CT molecular complexity index is 580. The Morgan fingerprint density at radius 1 is 1.17 bits per heavy atom. The molecule has 2 aliphatic rings. The number of ether oxygens (including phenoxy) is 1. The van der Waals surface area contributed by atoms with Gasteiger partial charge in [-0.1, -0.05) is 17.2 Å². The van der Waals surface area contributed by atoms with Gasteiger partial charge in [0.25, 0.3) is 0 Å². The van der Waals surface area contributed by atoms with Gasteiger partial charge < -0.3 is 14.9 Å². The van der Waals surface area contributed by atoms with Crippen LogP contribution in [0, 0.1) is 0 Å². The van der Waals surface area contributed by atoms with E-state index in [1.807, 2.05) is 19.9 Å². The van der Waals surface area contributed by atoms with Gasteiger partial charge in [0.1, 0.15) is 6.10 Å². The van der Waals surface area contributed by atoms with Crippen molar-refractivity contribution in [1.82, 2.24) is 0 Å². The molecule has 2 N–H and O–H groups in total. The largest absolute Gasteiger partial charge is 0.450 e. The summed E-state index contributed by atoms with van der Waals surface area (Å²) < 4.78 is 5.49. The normalized spacial score (nSPS) is 37.7. The molecule has 24 heavy (non-hydrogen) atoms. The molecule has 0 bridgehead atoms. The second-order valence-corrected chi connectivity index (χ2v) is 7.49. The zero-order chi connectivity index (χ0) is 17.9. The molecule has 4 heteroatoms. The Balaban J connectivity index is 2.25. The third-order valence-corrected chi connectivity index (χ3v) is 5.26. The van der Waals surface area contributed by atoms with Crippen LogP contribution < -0.4 is 0 Å². The van der Waals surface area contributed by atoms with Gasteiger partial charge in [0.05, 0.1) is 11.7 Å². The lowest BCUT2D eigenvalue weighted by Gasteiger charge is -2.29. The van der Waals surface area contributed by atoms with Crippen LogP contribution in [0.25, 0.3) is 0 Å². The van der Waals surface area contributed by atoms with Crippen molar-refractivity contribution in [3.63, 3.8) is 0 Å². The van der Waals surface area contributed by atoms with Crippen molar-refractivity contribution in [3.05, 3.63) is 34.4 Å². The topological polar surface area (TPSA) is 66.8 Å². The minimum atomic E-state index is -1.08. The number of allylic oxidation sites excluding steroid dienone is 3. The summed E-state index contributed by atoms with van der Waals surface area (Å²) in [5, 5.41) is 20.8. The summed E-state index contributed by atoms with van der Waals surface area (Å²) in [6.07, 6.45) is 7.19. The highest BCUT2D eigenvalue weighted by molar-refractivity contribution is 5.92. The molecule has 4 nitrogen and oxygen atoms in total. The molecule has 0 aromatic heterocycles. The van der Waals surface area contributed by atoms with Gasteiger partial charge in [-0.3, -0.25) is 0 Å². The SMILES string of the molecule is CC1=C2CC/C(C)=C/CC[C@](C)(O)[C@@H](O)CC/C(C)=C/[C@H]2OC1=O. The van der Waals surface area contributed by atoms with E-state index in [4.69, 9.17) is 4.74 Å². The van der Waals surface area contributed by atoms with E-state index in [2.05, 4.69) is 13.0 Å². The first-order valence-corrected chi connectivity index (χ1v) is 8.84. The number of hydrogen-bond donors (Lipinski definition) is 2. The molecule has 0 radical (unpaired) electrons. The molecular formula is C20H30O4. The molecule has 0 unspecified atom stereocenters. The highest BCUT2D eigenvalue weighted by Gasteiger charge is 2.31. The number of hydrogen-bond acceptors (Lipinski definition) is 4. The van der Waals surface area contributed by atoms with Crippen molar-refractivity contribution < 1.29 is 19.7 Å². The Kier molecular flexibility index (Phi) is 6.05. The lowest BCUT2D eigenvalue weighted by molar-refractivity contribution is -0.138. The number of carbonyl (C=O) groups is 1. The highest BCUT2D eigenvalue weighted by Crippen LogP contribution is 2.31. The van der Waals surface area contributed by atoms with E-state index < -0.39 is 11.7 Å².